The molecule has 0 saturated carbocycles. The lowest BCUT2D eigenvalue weighted by atomic mass is 9.88. The van der Waals surface area contributed by atoms with Crippen molar-refractivity contribution in [3.8, 4) is 12.3 Å². The molecule has 0 bridgehead atoms. The Morgan fingerprint density at radius 2 is 1.00 bits per heavy atom. The van der Waals surface area contributed by atoms with Gasteiger partial charge < -0.3 is 0 Å². The number of rotatable bonds is 4. The van der Waals surface area contributed by atoms with Crippen LogP contribution in [0.25, 0.3) is 22.3 Å². The summed E-state index contributed by atoms with van der Waals surface area (Å²) >= 11 is 0. The van der Waals surface area contributed by atoms with Gasteiger partial charge in [0.2, 0.25) is 0 Å². The number of hydrogen-bond donors (Lipinski definition) is 0. The topological polar surface area (TPSA) is 17.1 Å². The second-order valence-electron chi connectivity index (χ2n) is 8.65. The summed E-state index contributed by atoms with van der Waals surface area (Å²) in [5.74, 6) is 2.78. The first-order valence-corrected chi connectivity index (χ1v) is 11.4. The fourth-order valence-electron chi connectivity index (χ4n) is 4.54. The van der Waals surface area contributed by atoms with Crippen LogP contribution in [0, 0.1) is 26.2 Å². The summed E-state index contributed by atoms with van der Waals surface area (Å²) in [7, 11) is 0. The monoisotopic (exact) mass is 436 g/mol. The van der Waals surface area contributed by atoms with E-state index in [1.807, 2.05) is 66.7 Å². The highest BCUT2D eigenvalue weighted by atomic mass is 16.1. The maximum atomic E-state index is 14.2. The predicted octanol–water partition coefficient (Wildman–Crippen LogP) is 7.39. The van der Waals surface area contributed by atoms with Crippen molar-refractivity contribution < 1.29 is 4.79 Å². The van der Waals surface area contributed by atoms with Crippen LogP contribution in [0.4, 0.5) is 0 Å². The number of carbonyl (C=O) groups is 1. The molecule has 162 valence electrons. The molecule has 0 radical (unpaired) electrons. The summed E-state index contributed by atoms with van der Waals surface area (Å²) in [4.78, 5) is 14.2. The van der Waals surface area contributed by atoms with Gasteiger partial charge in [-0.05, 0) is 48.2 Å². The molecule has 34 heavy (non-hydrogen) atoms. The highest BCUT2D eigenvalue weighted by Gasteiger charge is 2.35. The van der Waals surface area contributed by atoms with Crippen molar-refractivity contribution in [2.24, 2.45) is 0 Å². The molecule has 4 aromatic rings. The van der Waals surface area contributed by atoms with Crippen LogP contribution in [0.3, 0.4) is 0 Å². The van der Waals surface area contributed by atoms with E-state index in [2.05, 4.69) is 56.2 Å². The van der Waals surface area contributed by atoms with Crippen LogP contribution in [-0.2, 0) is 4.79 Å². The van der Waals surface area contributed by atoms with Gasteiger partial charge >= 0.3 is 0 Å². The second kappa shape index (κ2) is 8.85. The van der Waals surface area contributed by atoms with E-state index in [0.29, 0.717) is 5.57 Å². The zero-order valence-corrected chi connectivity index (χ0v) is 19.3. The van der Waals surface area contributed by atoms with Crippen LogP contribution >= 0.6 is 0 Å². The van der Waals surface area contributed by atoms with E-state index >= 15 is 0 Å². The minimum absolute atomic E-state index is 0.0349. The molecule has 1 aliphatic rings. The Morgan fingerprint density at radius 1 is 0.529 bits per heavy atom. The first-order chi connectivity index (χ1) is 16.6. The standard InChI is InChI=1S/C33H24O/c1-4-24-9-8-12-28(21-24)30-29(25-10-6-5-7-11-25)31(26-17-13-22(2)14-18-26)33(34)32(30)27-19-15-23(3)16-20-27/h1,5-21H,2-3H3. The number of ketones is 1. The molecule has 0 fully saturated rings. The first-order valence-electron chi connectivity index (χ1n) is 11.4. The fraction of sp³-hybridized carbons (Fsp3) is 0.0606. The molecule has 0 aliphatic heterocycles. The van der Waals surface area contributed by atoms with E-state index < -0.39 is 0 Å². The molecule has 1 aliphatic carbocycles. The number of Topliss-reactive ketones (excluding diaryl/α,β-unsaturated/α-hetero) is 1. The molecule has 1 nitrogen and oxygen atoms in total. The van der Waals surface area contributed by atoms with Crippen LogP contribution in [0.2, 0.25) is 0 Å². The van der Waals surface area contributed by atoms with E-state index in [1.165, 1.54) is 0 Å². The molecule has 0 saturated heterocycles. The van der Waals surface area contributed by atoms with Crippen molar-refractivity contribution in [3.63, 3.8) is 0 Å². The largest absolute Gasteiger partial charge is 0.289 e. The second-order valence-corrected chi connectivity index (χ2v) is 8.65. The molecular formula is C33H24O. The first kappa shape index (κ1) is 21.4. The summed E-state index contributed by atoms with van der Waals surface area (Å²) < 4.78 is 0. The Labute approximate surface area is 201 Å². The Kier molecular flexibility index (Phi) is 5.58. The fourth-order valence-corrected chi connectivity index (χ4v) is 4.54. The Morgan fingerprint density at radius 3 is 1.53 bits per heavy atom. The molecule has 5 rings (SSSR count). The number of hydrogen-bond acceptors (Lipinski definition) is 1. The molecule has 0 heterocycles. The lowest BCUT2D eigenvalue weighted by molar-refractivity contribution is -0.108. The third kappa shape index (κ3) is 3.81. The molecule has 0 unspecified atom stereocenters. The Hall–Kier alpha value is -4.41. The summed E-state index contributed by atoms with van der Waals surface area (Å²) in [5.41, 5.74) is 10.2. The van der Waals surface area contributed by atoms with Crippen LogP contribution in [0.1, 0.15) is 38.9 Å². The average Bonchev–Trinajstić information content (AvgIpc) is 3.18. The third-order valence-electron chi connectivity index (χ3n) is 6.26. The number of terminal acetylenes is 1. The van der Waals surface area contributed by atoms with Gasteiger partial charge in [-0.15, -0.1) is 6.42 Å². The van der Waals surface area contributed by atoms with Gasteiger partial charge in [-0.25, -0.2) is 0 Å². The van der Waals surface area contributed by atoms with E-state index in [1.54, 1.807) is 0 Å². The summed E-state index contributed by atoms with van der Waals surface area (Å²) in [6.45, 7) is 4.11. The van der Waals surface area contributed by atoms with Crippen molar-refractivity contribution in [1.29, 1.82) is 0 Å². The minimum Gasteiger partial charge on any atom is -0.289 e. The van der Waals surface area contributed by atoms with Crippen molar-refractivity contribution in [1.82, 2.24) is 0 Å². The van der Waals surface area contributed by atoms with Crippen molar-refractivity contribution in [3.05, 3.63) is 142 Å². The molecule has 0 amide bonds. The molecule has 4 aromatic carbocycles. The highest BCUT2D eigenvalue weighted by molar-refractivity contribution is 6.59. The molecule has 0 spiro atoms. The van der Waals surface area contributed by atoms with Gasteiger partial charge in [0.15, 0.2) is 5.78 Å². The number of benzene rings is 4. The van der Waals surface area contributed by atoms with Gasteiger partial charge in [-0.2, -0.15) is 0 Å². The van der Waals surface area contributed by atoms with E-state index in [0.717, 1.165) is 55.7 Å². The lowest BCUT2D eigenvalue weighted by Gasteiger charge is -2.14. The molecule has 1 heteroatoms. The number of aryl methyl sites for hydroxylation is 2. The van der Waals surface area contributed by atoms with E-state index in [9.17, 15) is 4.79 Å². The molecule has 0 atom stereocenters. The molecular weight excluding hydrogens is 412 g/mol. The van der Waals surface area contributed by atoms with Gasteiger partial charge in [0.1, 0.15) is 0 Å². The third-order valence-corrected chi connectivity index (χ3v) is 6.26. The molecule has 0 N–H and O–H groups in total. The zero-order valence-electron chi connectivity index (χ0n) is 19.3. The van der Waals surface area contributed by atoms with Crippen LogP contribution < -0.4 is 0 Å². The van der Waals surface area contributed by atoms with Crippen LogP contribution in [-0.4, -0.2) is 5.78 Å². The maximum absolute atomic E-state index is 14.2. The van der Waals surface area contributed by atoms with Crippen LogP contribution in [0.5, 0.6) is 0 Å². The van der Waals surface area contributed by atoms with Crippen molar-refractivity contribution in [2.45, 2.75) is 13.8 Å². The minimum atomic E-state index is 0.0349. The highest BCUT2D eigenvalue weighted by Crippen LogP contribution is 2.49. The lowest BCUT2D eigenvalue weighted by Crippen LogP contribution is -2.02. The Bertz CT molecular complexity index is 1490. The summed E-state index contributed by atoms with van der Waals surface area (Å²) in [6.07, 6.45) is 5.74. The quantitative estimate of drug-likeness (QED) is 0.305. The van der Waals surface area contributed by atoms with Gasteiger partial charge in [-0.3, -0.25) is 4.79 Å². The van der Waals surface area contributed by atoms with Crippen molar-refractivity contribution >= 4 is 28.1 Å². The van der Waals surface area contributed by atoms with Gasteiger partial charge in [0, 0.05) is 27.9 Å². The summed E-state index contributed by atoms with van der Waals surface area (Å²) in [5, 5.41) is 0. The van der Waals surface area contributed by atoms with Crippen LogP contribution in [0.15, 0.2) is 103 Å². The number of carbonyl (C=O) groups excluding carboxylic acids is 1. The Balaban J connectivity index is 1.88. The normalized spacial score (nSPS) is 13.4. The maximum Gasteiger partial charge on any atom is 0.195 e. The SMILES string of the molecule is C#Cc1cccc(C2=C(c3ccc(C)cc3)C(=O)C(c3ccc(C)cc3)=C2c2ccccc2)c1. The average molecular weight is 437 g/mol. The molecule has 0 aromatic heterocycles. The summed E-state index contributed by atoms with van der Waals surface area (Å²) in [6, 6.07) is 34.4. The van der Waals surface area contributed by atoms with E-state index in [4.69, 9.17) is 6.42 Å². The van der Waals surface area contributed by atoms with Gasteiger partial charge in [0.05, 0.1) is 0 Å². The van der Waals surface area contributed by atoms with Gasteiger partial charge in [-0.1, -0.05) is 108 Å². The van der Waals surface area contributed by atoms with Gasteiger partial charge in [0.25, 0.3) is 0 Å². The number of allylic oxidation sites excluding steroid dienone is 4. The van der Waals surface area contributed by atoms with E-state index in [-0.39, 0.29) is 5.78 Å². The smallest absolute Gasteiger partial charge is 0.195 e. The predicted molar refractivity (Wildman–Crippen MR) is 142 cm³/mol. The van der Waals surface area contributed by atoms with Crippen molar-refractivity contribution in [2.75, 3.05) is 0 Å². The zero-order chi connectivity index (χ0) is 23.7.